The second kappa shape index (κ2) is 4.50. The number of rotatable bonds is 2. The maximum absolute atomic E-state index is 8.55. The Balaban J connectivity index is 2.95. The SMILES string of the molecule is Cc1cccc(Cl)c1CC(Cl)C#N. The average molecular weight is 214 g/mol. The van der Waals surface area contributed by atoms with Gasteiger partial charge in [0, 0.05) is 11.4 Å². The van der Waals surface area contributed by atoms with Crippen LogP contribution in [0.1, 0.15) is 11.1 Å². The van der Waals surface area contributed by atoms with Crippen LogP contribution in [0.15, 0.2) is 18.2 Å². The predicted molar refractivity (Wildman–Crippen MR) is 55.1 cm³/mol. The van der Waals surface area contributed by atoms with E-state index in [9.17, 15) is 0 Å². The molecular weight excluding hydrogens is 205 g/mol. The van der Waals surface area contributed by atoms with E-state index in [4.69, 9.17) is 28.5 Å². The first kappa shape index (κ1) is 10.4. The van der Waals surface area contributed by atoms with Crippen molar-refractivity contribution in [2.45, 2.75) is 18.7 Å². The lowest BCUT2D eigenvalue weighted by Gasteiger charge is -2.07. The van der Waals surface area contributed by atoms with Crippen LogP contribution in [0, 0.1) is 18.3 Å². The summed E-state index contributed by atoms with van der Waals surface area (Å²) in [7, 11) is 0. The standard InChI is InChI=1S/C10H9Cl2N/c1-7-3-2-4-10(12)9(7)5-8(11)6-13/h2-4,8H,5H2,1H3. The molecule has 1 rings (SSSR count). The van der Waals surface area contributed by atoms with E-state index >= 15 is 0 Å². The molecule has 1 atom stereocenters. The van der Waals surface area contributed by atoms with Crippen LogP contribution in [-0.2, 0) is 6.42 Å². The van der Waals surface area contributed by atoms with Gasteiger partial charge in [0.25, 0.3) is 0 Å². The molecule has 0 aromatic heterocycles. The zero-order chi connectivity index (χ0) is 9.84. The van der Waals surface area contributed by atoms with Crippen LogP contribution in [-0.4, -0.2) is 5.38 Å². The number of nitriles is 1. The van der Waals surface area contributed by atoms with Gasteiger partial charge in [0.05, 0.1) is 6.07 Å². The van der Waals surface area contributed by atoms with Crippen LogP contribution in [0.3, 0.4) is 0 Å². The lowest BCUT2D eigenvalue weighted by Crippen LogP contribution is -2.02. The monoisotopic (exact) mass is 213 g/mol. The Morgan fingerprint density at radius 1 is 1.54 bits per heavy atom. The minimum atomic E-state index is -0.501. The van der Waals surface area contributed by atoms with Crippen LogP contribution in [0.5, 0.6) is 0 Å². The molecule has 0 aliphatic rings. The molecule has 0 N–H and O–H groups in total. The van der Waals surface area contributed by atoms with E-state index in [0.717, 1.165) is 11.1 Å². The Bertz CT molecular complexity index is 321. The topological polar surface area (TPSA) is 23.8 Å². The quantitative estimate of drug-likeness (QED) is 0.692. The van der Waals surface area contributed by atoms with Crippen molar-refractivity contribution in [3.05, 3.63) is 34.3 Å². The largest absolute Gasteiger partial charge is 0.197 e. The number of alkyl halides is 1. The molecule has 13 heavy (non-hydrogen) atoms. The van der Waals surface area contributed by atoms with Gasteiger partial charge >= 0.3 is 0 Å². The van der Waals surface area contributed by atoms with Gasteiger partial charge in [-0.05, 0) is 24.1 Å². The first-order chi connectivity index (χ1) is 6.15. The highest BCUT2D eigenvalue weighted by Crippen LogP contribution is 2.22. The highest BCUT2D eigenvalue weighted by molar-refractivity contribution is 6.31. The summed E-state index contributed by atoms with van der Waals surface area (Å²) in [4.78, 5) is 0. The minimum absolute atomic E-state index is 0.501. The molecule has 1 aromatic rings. The van der Waals surface area contributed by atoms with E-state index in [0.29, 0.717) is 11.4 Å². The van der Waals surface area contributed by atoms with Gasteiger partial charge in [-0.15, -0.1) is 11.6 Å². The second-order valence-electron chi connectivity index (χ2n) is 2.84. The number of benzene rings is 1. The Morgan fingerprint density at radius 3 is 2.77 bits per heavy atom. The smallest absolute Gasteiger partial charge is 0.124 e. The Labute approximate surface area is 87.9 Å². The molecule has 0 saturated carbocycles. The van der Waals surface area contributed by atoms with E-state index in [1.54, 1.807) is 0 Å². The van der Waals surface area contributed by atoms with Crippen molar-refractivity contribution in [1.82, 2.24) is 0 Å². The summed E-state index contributed by atoms with van der Waals surface area (Å²) < 4.78 is 0. The molecule has 0 spiro atoms. The number of aryl methyl sites for hydroxylation is 1. The third-order valence-electron chi connectivity index (χ3n) is 1.88. The zero-order valence-corrected chi connectivity index (χ0v) is 8.73. The van der Waals surface area contributed by atoms with Crippen molar-refractivity contribution < 1.29 is 0 Å². The van der Waals surface area contributed by atoms with Crippen molar-refractivity contribution in [1.29, 1.82) is 5.26 Å². The minimum Gasteiger partial charge on any atom is -0.197 e. The maximum Gasteiger partial charge on any atom is 0.124 e. The average Bonchev–Trinajstić information content (AvgIpc) is 2.11. The van der Waals surface area contributed by atoms with Crippen LogP contribution in [0.25, 0.3) is 0 Å². The molecule has 0 heterocycles. The molecule has 1 aromatic carbocycles. The van der Waals surface area contributed by atoms with Crippen molar-refractivity contribution in [3.8, 4) is 6.07 Å². The van der Waals surface area contributed by atoms with Crippen molar-refractivity contribution in [3.63, 3.8) is 0 Å². The first-order valence-corrected chi connectivity index (χ1v) is 4.74. The van der Waals surface area contributed by atoms with Crippen molar-refractivity contribution >= 4 is 23.2 Å². The van der Waals surface area contributed by atoms with Gasteiger partial charge < -0.3 is 0 Å². The molecule has 0 saturated heterocycles. The van der Waals surface area contributed by atoms with Gasteiger partial charge in [-0.2, -0.15) is 5.26 Å². The normalized spacial score (nSPS) is 12.2. The predicted octanol–water partition coefficient (Wildman–Crippen LogP) is 3.32. The summed E-state index contributed by atoms with van der Waals surface area (Å²) in [5.74, 6) is 0. The van der Waals surface area contributed by atoms with Gasteiger partial charge in [-0.1, -0.05) is 23.7 Å². The first-order valence-electron chi connectivity index (χ1n) is 3.93. The molecule has 0 radical (unpaired) electrons. The van der Waals surface area contributed by atoms with Gasteiger partial charge in [0.1, 0.15) is 5.38 Å². The number of hydrogen-bond donors (Lipinski definition) is 0. The van der Waals surface area contributed by atoms with Crippen molar-refractivity contribution in [2.24, 2.45) is 0 Å². The lowest BCUT2D eigenvalue weighted by atomic mass is 10.0. The van der Waals surface area contributed by atoms with E-state index in [2.05, 4.69) is 0 Å². The lowest BCUT2D eigenvalue weighted by molar-refractivity contribution is 1.00. The van der Waals surface area contributed by atoms with E-state index in [-0.39, 0.29) is 0 Å². The molecule has 68 valence electrons. The number of nitrogens with zero attached hydrogens (tertiary/aromatic N) is 1. The van der Waals surface area contributed by atoms with E-state index in [1.807, 2.05) is 31.2 Å². The highest BCUT2D eigenvalue weighted by atomic mass is 35.5. The molecule has 1 nitrogen and oxygen atoms in total. The van der Waals surface area contributed by atoms with E-state index < -0.39 is 5.38 Å². The Hall–Kier alpha value is -0.710. The van der Waals surface area contributed by atoms with Crippen LogP contribution < -0.4 is 0 Å². The summed E-state index contributed by atoms with van der Waals surface area (Å²) >= 11 is 11.7. The Morgan fingerprint density at radius 2 is 2.23 bits per heavy atom. The fourth-order valence-corrected chi connectivity index (χ4v) is 1.60. The molecule has 0 aliphatic carbocycles. The summed E-state index contributed by atoms with van der Waals surface area (Å²) in [6, 6.07) is 7.63. The van der Waals surface area contributed by atoms with Crippen LogP contribution in [0.4, 0.5) is 0 Å². The number of halogens is 2. The maximum atomic E-state index is 8.55. The molecule has 1 unspecified atom stereocenters. The van der Waals surface area contributed by atoms with Crippen LogP contribution >= 0.6 is 23.2 Å². The summed E-state index contributed by atoms with van der Waals surface area (Å²) in [6.07, 6.45) is 0.504. The number of hydrogen-bond acceptors (Lipinski definition) is 1. The molecule has 3 heteroatoms. The van der Waals surface area contributed by atoms with Gasteiger partial charge in [0.15, 0.2) is 0 Å². The van der Waals surface area contributed by atoms with Crippen LogP contribution in [0.2, 0.25) is 5.02 Å². The fourth-order valence-electron chi connectivity index (χ4n) is 1.15. The molecule has 0 fully saturated rings. The second-order valence-corrected chi connectivity index (χ2v) is 3.77. The molecule has 0 bridgehead atoms. The molecular formula is C10H9Cl2N. The summed E-state index contributed by atoms with van der Waals surface area (Å²) in [5.41, 5.74) is 2.04. The summed E-state index contributed by atoms with van der Waals surface area (Å²) in [5, 5.41) is 8.73. The molecule has 0 amide bonds. The van der Waals surface area contributed by atoms with Crippen molar-refractivity contribution in [2.75, 3.05) is 0 Å². The highest BCUT2D eigenvalue weighted by Gasteiger charge is 2.09. The molecule has 0 aliphatic heterocycles. The summed E-state index contributed by atoms with van der Waals surface area (Å²) in [6.45, 7) is 1.96. The van der Waals surface area contributed by atoms with Gasteiger partial charge in [-0.3, -0.25) is 0 Å². The fraction of sp³-hybridized carbons (Fsp3) is 0.300. The van der Waals surface area contributed by atoms with Gasteiger partial charge in [-0.25, -0.2) is 0 Å². The van der Waals surface area contributed by atoms with Gasteiger partial charge in [0.2, 0.25) is 0 Å². The van der Waals surface area contributed by atoms with E-state index in [1.165, 1.54) is 0 Å². The Kier molecular flexibility index (Phi) is 3.59. The third kappa shape index (κ3) is 2.62. The third-order valence-corrected chi connectivity index (χ3v) is 2.48. The zero-order valence-electron chi connectivity index (χ0n) is 7.22.